The second-order valence-electron chi connectivity index (χ2n) is 5.49. The molecule has 0 bridgehead atoms. The number of nitrogens with zero attached hydrogens (tertiary/aromatic N) is 4. The van der Waals surface area contributed by atoms with Crippen LogP contribution in [0.25, 0.3) is 0 Å². The van der Waals surface area contributed by atoms with Crippen molar-refractivity contribution in [3.8, 4) is 0 Å². The molecule has 1 aliphatic heterocycles. The molecular weight excluding hydrogens is 339 g/mol. The summed E-state index contributed by atoms with van der Waals surface area (Å²) in [6.07, 6.45) is -2.35. The van der Waals surface area contributed by atoms with Crippen molar-refractivity contribution in [2.75, 3.05) is 31.1 Å². The minimum atomic E-state index is -4.47. The SMILES string of the molecule is O=Cc1ccc(C(=O)N2CCN(c3ncc(C(F)(F)F)cn3)CC2)[nH]1. The predicted octanol–water partition coefficient (Wildman–Crippen LogP) is 1.60. The molecule has 25 heavy (non-hydrogen) atoms. The van der Waals surface area contributed by atoms with E-state index in [0.717, 1.165) is 12.4 Å². The van der Waals surface area contributed by atoms with Crippen LogP contribution < -0.4 is 4.90 Å². The van der Waals surface area contributed by atoms with E-state index >= 15 is 0 Å². The Balaban J connectivity index is 1.61. The fraction of sp³-hybridized carbons (Fsp3) is 0.333. The van der Waals surface area contributed by atoms with E-state index in [1.54, 1.807) is 9.80 Å². The van der Waals surface area contributed by atoms with E-state index in [-0.39, 0.29) is 11.9 Å². The Morgan fingerprint density at radius 1 is 1.12 bits per heavy atom. The van der Waals surface area contributed by atoms with E-state index in [0.29, 0.717) is 43.9 Å². The van der Waals surface area contributed by atoms with Gasteiger partial charge in [0.1, 0.15) is 5.69 Å². The molecule has 10 heteroatoms. The molecule has 2 aromatic heterocycles. The van der Waals surface area contributed by atoms with Crippen molar-refractivity contribution >= 4 is 18.1 Å². The molecule has 1 N–H and O–H groups in total. The maximum absolute atomic E-state index is 12.5. The number of nitrogens with one attached hydrogen (secondary N) is 1. The monoisotopic (exact) mass is 353 g/mol. The van der Waals surface area contributed by atoms with Crippen molar-refractivity contribution in [3.63, 3.8) is 0 Å². The molecule has 1 amide bonds. The summed E-state index contributed by atoms with van der Waals surface area (Å²) >= 11 is 0. The summed E-state index contributed by atoms with van der Waals surface area (Å²) < 4.78 is 37.6. The Bertz CT molecular complexity index is 764. The number of alkyl halides is 3. The molecule has 7 nitrogen and oxygen atoms in total. The van der Waals surface area contributed by atoms with E-state index in [4.69, 9.17) is 0 Å². The van der Waals surface area contributed by atoms with Gasteiger partial charge in [0, 0.05) is 38.6 Å². The largest absolute Gasteiger partial charge is 0.419 e. The smallest absolute Gasteiger partial charge is 0.348 e. The molecule has 0 spiro atoms. The first-order chi connectivity index (χ1) is 11.9. The van der Waals surface area contributed by atoms with Gasteiger partial charge in [-0.05, 0) is 12.1 Å². The second-order valence-corrected chi connectivity index (χ2v) is 5.49. The number of anilines is 1. The lowest BCUT2D eigenvalue weighted by atomic mass is 10.3. The minimum absolute atomic E-state index is 0.197. The molecule has 0 aliphatic carbocycles. The Morgan fingerprint density at radius 2 is 1.76 bits per heavy atom. The van der Waals surface area contributed by atoms with Crippen LogP contribution in [0.15, 0.2) is 24.5 Å². The number of carbonyl (C=O) groups is 2. The average molecular weight is 353 g/mol. The van der Waals surface area contributed by atoms with Crippen LogP contribution in [0, 0.1) is 0 Å². The number of hydrogen-bond acceptors (Lipinski definition) is 5. The van der Waals surface area contributed by atoms with Gasteiger partial charge in [0.2, 0.25) is 5.95 Å². The number of hydrogen-bond donors (Lipinski definition) is 1. The van der Waals surface area contributed by atoms with Crippen LogP contribution in [-0.4, -0.2) is 58.2 Å². The van der Waals surface area contributed by atoms with Crippen LogP contribution in [0.4, 0.5) is 19.1 Å². The first kappa shape index (κ1) is 16.9. The highest BCUT2D eigenvalue weighted by molar-refractivity contribution is 5.93. The Hall–Kier alpha value is -2.91. The molecule has 0 saturated carbocycles. The number of rotatable bonds is 3. The molecule has 3 rings (SSSR count). The van der Waals surface area contributed by atoms with Gasteiger partial charge >= 0.3 is 6.18 Å². The second kappa shape index (κ2) is 6.54. The molecule has 132 valence electrons. The van der Waals surface area contributed by atoms with Gasteiger partial charge in [-0.3, -0.25) is 9.59 Å². The van der Waals surface area contributed by atoms with Gasteiger partial charge in [0.15, 0.2) is 6.29 Å². The number of amides is 1. The van der Waals surface area contributed by atoms with Crippen LogP contribution in [0.1, 0.15) is 26.5 Å². The summed E-state index contributed by atoms with van der Waals surface area (Å²) in [6, 6.07) is 3.06. The van der Waals surface area contributed by atoms with E-state index in [9.17, 15) is 22.8 Å². The van der Waals surface area contributed by atoms with Crippen molar-refractivity contribution in [3.05, 3.63) is 41.5 Å². The van der Waals surface area contributed by atoms with Gasteiger partial charge < -0.3 is 14.8 Å². The molecule has 3 heterocycles. The summed E-state index contributed by atoms with van der Waals surface area (Å²) in [7, 11) is 0. The Labute approximate surface area is 140 Å². The number of halogens is 3. The van der Waals surface area contributed by atoms with Crippen molar-refractivity contribution in [1.29, 1.82) is 0 Å². The van der Waals surface area contributed by atoms with Gasteiger partial charge in [-0.15, -0.1) is 0 Å². The molecule has 0 atom stereocenters. The zero-order valence-electron chi connectivity index (χ0n) is 13.0. The molecular formula is C15H14F3N5O2. The third-order valence-electron chi connectivity index (χ3n) is 3.88. The summed E-state index contributed by atoms with van der Waals surface area (Å²) in [5.74, 6) is -0.0377. The number of H-pyrrole nitrogens is 1. The maximum Gasteiger partial charge on any atom is 0.419 e. The van der Waals surface area contributed by atoms with Gasteiger partial charge in [-0.1, -0.05) is 0 Å². The van der Waals surface area contributed by atoms with Crippen molar-refractivity contribution < 1.29 is 22.8 Å². The molecule has 2 aromatic rings. The Kier molecular flexibility index (Phi) is 4.43. The van der Waals surface area contributed by atoms with Crippen molar-refractivity contribution in [2.45, 2.75) is 6.18 Å². The molecule has 1 fully saturated rings. The molecule has 1 saturated heterocycles. The van der Waals surface area contributed by atoms with E-state index in [1.165, 1.54) is 12.1 Å². The van der Waals surface area contributed by atoms with Gasteiger partial charge in [-0.2, -0.15) is 13.2 Å². The van der Waals surface area contributed by atoms with Crippen LogP contribution in [0.2, 0.25) is 0 Å². The number of piperazine rings is 1. The van der Waals surface area contributed by atoms with E-state index in [2.05, 4.69) is 15.0 Å². The molecule has 1 aliphatic rings. The third-order valence-corrected chi connectivity index (χ3v) is 3.88. The van der Waals surface area contributed by atoms with Crippen LogP contribution in [0.3, 0.4) is 0 Å². The summed E-state index contributed by atoms with van der Waals surface area (Å²) in [4.78, 5) is 36.5. The zero-order chi connectivity index (χ0) is 18.0. The topological polar surface area (TPSA) is 82.2 Å². The quantitative estimate of drug-likeness (QED) is 0.848. The maximum atomic E-state index is 12.5. The average Bonchev–Trinajstić information content (AvgIpc) is 3.10. The lowest BCUT2D eigenvalue weighted by Gasteiger charge is -2.34. The Morgan fingerprint density at radius 3 is 2.28 bits per heavy atom. The molecule has 0 unspecified atom stereocenters. The molecule has 0 aromatic carbocycles. The highest BCUT2D eigenvalue weighted by Crippen LogP contribution is 2.28. The summed E-state index contributed by atoms with van der Waals surface area (Å²) in [5.41, 5.74) is -0.260. The van der Waals surface area contributed by atoms with E-state index < -0.39 is 11.7 Å². The van der Waals surface area contributed by atoms with Crippen molar-refractivity contribution in [2.24, 2.45) is 0 Å². The zero-order valence-corrected chi connectivity index (χ0v) is 13.0. The fourth-order valence-corrected chi connectivity index (χ4v) is 2.52. The van der Waals surface area contributed by atoms with Crippen LogP contribution >= 0.6 is 0 Å². The summed E-state index contributed by atoms with van der Waals surface area (Å²) in [5, 5.41) is 0. The predicted molar refractivity (Wildman–Crippen MR) is 81.3 cm³/mol. The lowest BCUT2D eigenvalue weighted by Crippen LogP contribution is -2.49. The number of carbonyl (C=O) groups excluding carboxylic acids is 2. The van der Waals surface area contributed by atoms with Gasteiger partial charge in [0.25, 0.3) is 5.91 Å². The van der Waals surface area contributed by atoms with Gasteiger partial charge in [-0.25, -0.2) is 9.97 Å². The standard InChI is InChI=1S/C15H14F3N5O2/c16-15(17,18)10-7-19-14(20-8-10)23-5-3-22(4-6-23)13(25)12-2-1-11(9-24)21-12/h1-2,7-9,21H,3-6H2. The highest BCUT2D eigenvalue weighted by atomic mass is 19.4. The fourth-order valence-electron chi connectivity index (χ4n) is 2.52. The van der Waals surface area contributed by atoms with Gasteiger partial charge in [0.05, 0.1) is 11.3 Å². The van der Waals surface area contributed by atoms with E-state index in [1.807, 2.05) is 0 Å². The number of aromatic amines is 1. The first-order valence-electron chi connectivity index (χ1n) is 7.46. The summed E-state index contributed by atoms with van der Waals surface area (Å²) in [6.45, 7) is 1.55. The highest BCUT2D eigenvalue weighted by Gasteiger charge is 2.32. The first-order valence-corrected chi connectivity index (χ1v) is 7.46. The number of aromatic nitrogens is 3. The van der Waals surface area contributed by atoms with Crippen LogP contribution in [0.5, 0.6) is 0 Å². The molecule has 0 radical (unpaired) electrons. The third kappa shape index (κ3) is 3.62. The van der Waals surface area contributed by atoms with Crippen molar-refractivity contribution in [1.82, 2.24) is 19.9 Å². The minimum Gasteiger partial charge on any atom is -0.348 e. The van der Waals surface area contributed by atoms with Crippen LogP contribution in [-0.2, 0) is 6.18 Å². The normalized spacial score (nSPS) is 15.3. The number of aldehydes is 1. The lowest BCUT2D eigenvalue weighted by molar-refractivity contribution is -0.138.